The molecule has 28 heavy (non-hydrogen) atoms. The van der Waals surface area contributed by atoms with Crippen molar-refractivity contribution in [1.82, 2.24) is 14.9 Å². The Kier molecular flexibility index (Phi) is 5.43. The van der Waals surface area contributed by atoms with Gasteiger partial charge < -0.3 is 14.6 Å². The molecule has 6 nitrogen and oxygen atoms in total. The Balaban J connectivity index is 1.56. The molecule has 0 spiro atoms. The second-order valence-corrected chi connectivity index (χ2v) is 8.09. The van der Waals surface area contributed by atoms with Gasteiger partial charge in [-0.15, -0.1) is 11.3 Å². The fourth-order valence-electron chi connectivity index (χ4n) is 3.72. The van der Waals surface area contributed by atoms with Crippen LogP contribution in [0.5, 0.6) is 0 Å². The molecule has 4 rings (SSSR count). The molecule has 0 aliphatic heterocycles. The Labute approximate surface area is 167 Å². The molecule has 146 valence electrons. The first-order valence-electron chi connectivity index (χ1n) is 9.58. The highest BCUT2D eigenvalue weighted by Gasteiger charge is 2.30. The average molecular weight is 398 g/mol. The molecule has 0 saturated heterocycles. The molecule has 1 aliphatic carbocycles. The fourth-order valence-corrected chi connectivity index (χ4v) is 4.57. The number of pyridine rings is 1. The number of carbonyl (C=O) groups is 2. The number of aromatic nitrogens is 2. The van der Waals surface area contributed by atoms with Crippen LogP contribution in [0.4, 0.5) is 0 Å². The standard InChI is InChI=1S/C21H23N3O3S/c1-24-16-10-12-28-18(16)13-17(24)21(26)27-19(15-9-5-6-11-22-15)20(25)23-14-7-3-2-4-8-14/h5-6,9-14,19H,2-4,7-8H2,1H3,(H,23,25)/t19-/m1/s1. The molecule has 0 radical (unpaired) electrons. The smallest absolute Gasteiger partial charge is 0.356 e. The third-order valence-corrected chi connectivity index (χ3v) is 6.10. The molecule has 7 heteroatoms. The van der Waals surface area contributed by atoms with Crippen LogP contribution in [0, 0.1) is 0 Å². The number of thiophene rings is 1. The molecule has 0 aromatic carbocycles. The van der Waals surface area contributed by atoms with Crippen LogP contribution in [0.25, 0.3) is 10.2 Å². The van der Waals surface area contributed by atoms with Gasteiger partial charge in [-0.05, 0) is 42.5 Å². The first kappa shape index (κ1) is 18.7. The van der Waals surface area contributed by atoms with E-state index in [1.54, 1.807) is 46.4 Å². The number of nitrogens with one attached hydrogen (secondary N) is 1. The zero-order valence-corrected chi connectivity index (χ0v) is 16.6. The number of nitrogens with zero attached hydrogens (tertiary/aromatic N) is 2. The van der Waals surface area contributed by atoms with Gasteiger partial charge in [0.25, 0.3) is 5.91 Å². The Morgan fingerprint density at radius 1 is 1.25 bits per heavy atom. The summed E-state index contributed by atoms with van der Waals surface area (Å²) in [6.07, 6.45) is 5.88. The van der Waals surface area contributed by atoms with E-state index in [9.17, 15) is 9.59 Å². The van der Waals surface area contributed by atoms with Crippen LogP contribution in [0.2, 0.25) is 0 Å². The van der Waals surface area contributed by atoms with Gasteiger partial charge in [-0.2, -0.15) is 0 Å². The lowest BCUT2D eigenvalue weighted by Crippen LogP contribution is -2.40. The van der Waals surface area contributed by atoms with E-state index < -0.39 is 12.1 Å². The van der Waals surface area contributed by atoms with E-state index >= 15 is 0 Å². The highest BCUT2D eigenvalue weighted by atomic mass is 32.1. The number of hydrogen-bond acceptors (Lipinski definition) is 5. The maximum atomic E-state index is 13.0. The van der Waals surface area contributed by atoms with Gasteiger partial charge in [0.05, 0.1) is 15.9 Å². The summed E-state index contributed by atoms with van der Waals surface area (Å²) < 4.78 is 8.48. The van der Waals surface area contributed by atoms with Gasteiger partial charge in [-0.1, -0.05) is 25.3 Å². The van der Waals surface area contributed by atoms with E-state index in [0.717, 1.165) is 35.9 Å². The van der Waals surface area contributed by atoms with Crippen molar-refractivity contribution in [3.05, 3.63) is 53.3 Å². The van der Waals surface area contributed by atoms with Crippen LogP contribution in [-0.2, 0) is 16.6 Å². The number of hydrogen-bond donors (Lipinski definition) is 1. The van der Waals surface area contributed by atoms with Crippen LogP contribution < -0.4 is 5.32 Å². The number of esters is 1. The summed E-state index contributed by atoms with van der Waals surface area (Å²) in [5, 5.41) is 5.03. The Hall–Kier alpha value is -2.67. The van der Waals surface area contributed by atoms with Crippen LogP contribution in [0.15, 0.2) is 41.9 Å². The Morgan fingerprint density at radius 3 is 2.79 bits per heavy atom. The molecule has 1 fully saturated rings. The van der Waals surface area contributed by atoms with Crippen molar-refractivity contribution in [1.29, 1.82) is 0 Å². The predicted octanol–water partition coefficient (Wildman–Crippen LogP) is 3.98. The first-order chi connectivity index (χ1) is 13.6. The topological polar surface area (TPSA) is 73.2 Å². The van der Waals surface area contributed by atoms with Gasteiger partial charge in [-0.25, -0.2) is 4.79 Å². The number of fused-ring (bicyclic) bond motifs is 1. The molecule has 1 atom stereocenters. The molecule has 1 amide bonds. The number of aryl methyl sites for hydroxylation is 1. The average Bonchev–Trinajstić information content (AvgIpc) is 3.30. The van der Waals surface area contributed by atoms with Gasteiger partial charge in [0.2, 0.25) is 6.10 Å². The number of ether oxygens (including phenoxy) is 1. The Morgan fingerprint density at radius 2 is 2.07 bits per heavy atom. The molecule has 1 N–H and O–H groups in total. The summed E-state index contributed by atoms with van der Waals surface area (Å²) in [6.45, 7) is 0. The van der Waals surface area contributed by atoms with E-state index in [1.807, 2.05) is 18.5 Å². The molecular weight excluding hydrogens is 374 g/mol. The van der Waals surface area contributed by atoms with Gasteiger partial charge in [-0.3, -0.25) is 9.78 Å². The van der Waals surface area contributed by atoms with Gasteiger partial charge in [0, 0.05) is 19.3 Å². The summed E-state index contributed by atoms with van der Waals surface area (Å²) >= 11 is 1.56. The van der Waals surface area contributed by atoms with E-state index in [0.29, 0.717) is 11.4 Å². The molecule has 0 unspecified atom stereocenters. The molecule has 3 heterocycles. The zero-order chi connectivity index (χ0) is 19.5. The Bertz CT molecular complexity index is 973. The van der Waals surface area contributed by atoms with E-state index in [1.165, 1.54) is 6.42 Å². The van der Waals surface area contributed by atoms with Crippen molar-refractivity contribution < 1.29 is 14.3 Å². The summed E-state index contributed by atoms with van der Waals surface area (Å²) in [4.78, 5) is 30.1. The normalized spacial score (nSPS) is 16.0. The SMILES string of the molecule is Cn1c(C(=O)O[C@@H](C(=O)NC2CCCCC2)c2ccccn2)cc2sccc21. The molecule has 1 saturated carbocycles. The van der Waals surface area contributed by atoms with Gasteiger partial charge >= 0.3 is 5.97 Å². The summed E-state index contributed by atoms with van der Waals surface area (Å²) in [5.74, 6) is -0.838. The number of carbonyl (C=O) groups excluding carboxylic acids is 2. The van der Waals surface area contributed by atoms with Crippen molar-refractivity contribution in [3.63, 3.8) is 0 Å². The summed E-state index contributed by atoms with van der Waals surface area (Å²) in [6, 6.07) is 9.16. The lowest BCUT2D eigenvalue weighted by molar-refractivity contribution is -0.131. The quantitative estimate of drug-likeness (QED) is 0.661. The molecule has 0 bridgehead atoms. The minimum atomic E-state index is -1.07. The first-order valence-corrected chi connectivity index (χ1v) is 10.5. The maximum Gasteiger partial charge on any atom is 0.356 e. The minimum Gasteiger partial charge on any atom is -0.441 e. The minimum absolute atomic E-state index is 0.131. The largest absolute Gasteiger partial charge is 0.441 e. The van der Waals surface area contributed by atoms with Crippen LogP contribution >= 0.6 is 11.3 Å². The number of rotatable bonds is 5. The van der Waals surface area contributed by atoms with Crippen LogP contribution in [-0.4, -0.2) is 27.5 Å². The lowest BCUT2D eigenvalue weighted by atomic mass is 9.95. The highest BCUT2D eigenvalue weighted by molar-refractivity contribution is 7.17. The van der Waals surface area contributed by atoms with E-state index in [4.69, 9.17) is 4.74 Å². The summed E-state index contributed by atoms with van der Waals surface area (Å²) in [5.41, 5.74) is 1.83. The van der Waals surface area contributed by atoms with Crippen molar-refractivity contribution >= 4 is 33.4 Å². The van der Waals surface area contributed by atoms with Crippen molar-refractivity contribution in [2.45, 2.75) is 44.2 Å². The van der Waals surface area contributed by atoms with E-state index in [2.05, 4.69) is 10.3 Å². The second-order valence-electron chi connectivity index (χ2n) is 7.14. The van der Waals surface area contributed by atoms with Gasteiger partial charge in [0.15, 0.2) is 0 Å². The highest BCUT2D eigenvalue weighted by Crippen LogP contribution is 2.26. The van der Waals surface area contributed by atoms with Crippen LogP contribution in [0.1, 0.15) is 54.4 Å². The van der Waals surface area contributed by atoms with Gasteiger partial charge in [0.1, 0.15) is 5.69 Å². The third kappa shape index (κ3) is 3.80. The summed E-state index contributed by atoms with van der Waals surface area (Å²) in [7, 11) is 1.82. The van der Waals surface area contributed by atoms with Crippen LogP contribution in [0.3, 0.4) is 0 Å². The monoisotopic (exact) mass is 397 g/mol. The molecule has 3 aromatic heterocycles. The van der Waals surface area contributed by atoms with Crippen molar-refractivity contribution in [2.24, 2.45) is 7.05 Å². The predicted molar refractivity (Wildman–Crippen MR) is 108 cm³/mol. The lowest BCUT2D eigenvalue weighted by Gasteiger charge is -2.25. The zero-order valence-electron chi connectivity index (χ0n) is 15.8. The molecular formula is C21H23N3O3S. The molecule has 1 aliphatic rings. The van der Waals surface area contributed by atoms with Crippen molar-refractivity contribution in [3.8, 4) is 0 Å². The maximum absolute atomic E-state index is 13.0. The number of amides is 1. The second kappa shape index (κ2) is 8.14. The third-order valence-electron chi connectivity index (χ3n) is 5.24. The molecule has 3 aromatic rings. The van der Waals surface area contributed by atoms with Crippen molar-refractivity contribution in [2.75, 3.05) is 0 Å². The fraction of sp³-hybridized carbons (Fsp3) is 0.381. The van der Waals surface area contributed by atoms with E-state index in [-0.39, 0.29) is 11.9 Å².